The molecule has 1 aromatic carbocycles. The fraction of sp³-hybridized carbons (Fsp3) is 0.250. The minimum Gasteiger partial charge on any atom is -0.480 e. The number of benzene rings is 1. The van der Waals surface area contributed by atoms with E-state index in [9.17, 15) is 4.79 Å². The second kappa shape index (κ2) is 3.98. The summed E-state index contributed by atoms with van der Waals surface area (Å²) >= 11 is 0. The Labute approximate surface area is 92.9 Å². The van der Waals surface area contributed by atoms with Crippen LogP contribution in [0.15, 0.2) is 28.7 Å². The summed E-state index contributed by atoms with van der Waals surface area (Å²) in [6.45, 7) is 1.78. The highest BCUT2D eigenvalue weighted by molar-refractivity contribution is 5.88. The lowest BCUT2D eigenvalue weighted by Crippen LogP contribution is -2.25. The van der Waals surface area contributed by atoms with E-state index in [-0.39, 0.29) is 0 Å². The summed E-state index contributed by atoms with van der Waals surface area (Å²) < 4.78 is 5.53. The maximum absolute atomic E-state index is 11.1. The number of nitrogens with one attached hydrogen (secondary N) is 1. The number of hydrogen-bond donors (Lipinski definition) is 2. The Kier molecular flexibility index (Phi) is 2.66. The largest absolute Gasteiger partial charge is 0.480 e. The van der Waals surface area contributed by atoms with Crippen molar-refractivity contribution in [2.45, 2.75) is 13.0 Å². The summed E-state index contributed by atoms with van der Waals surface area (Å²) in [5.41, 5.74) is 1.42. The predicted molar refractivity (Wildman–Crippen MR) is 60.4 cm³/mol. The molecular weight excluding hydrogens is 206 g/mol. The smallest absolute Gasteiger partial charge is 0.325 e. The molecule has 0 amide bonds. The molecule has 2 rings (SSSR count). The van der Waals surface area contributed by atoms with Crippen LogP contribution >= 0.6 is 0 Å². The molecule has 0 aliphatic carbocycles. The van der Waals surface area contributed by atoms with Gasteiger partial charge in [0.2, 0.25) is 0 Å². The minimum absolute atomic E-state index is 0.642. The minimum atomic E-state index is -0.905. The van der Waals surface area contributed by atoms with Gasteiger partial charge in [0.15, 0.2) is 0 Å². The van der Waals surface area contributed by atoms with Gasteiger partial charge in [-0.25, -0.2) is 0 Å². The van der Waals surface area contributed by atoms with Crippen molar-refractivity contribution in [3.05, 3.63) is 35.6 Å². The normalized spacial score (nSPS) is 12.9. The summed E-state index contributed by atoms with van der Waals surface area (Å²) in [6.07, 6.45) is 0. The fourth-order valence-electron chi connectivity index (χ4n) is 1.94. The van der Waals surface area contributed by atoms with Gasteiger partial charge < -0.3 is 14.8 Å². The number of furan rings is 1. The van der Waals surface area contributed by atoms with Crippen LogP contribution in [-0.4, -0.2) is 18.1 Å². The number of aryl methyl sites for hydroxylation is 1. The Balaban J connectivity index is 2.66. The number of carbonyl (C=O) groups is 1. The first-order valence-electron chi connectivity index (χ1n) is 5.03. The zero-order valence-corrected chi connectivity index (χ0v) is 9.15. The lowest BCUT2D eigenvalue weighted by molar-refractivity contribution is -0.139. The first-order valence-corrected chi connectivity index (χ1v) is 5.03. The molecule has 84 valence electrons. The summed E-state index contributed by atoms with van der Waals surface area (Å²) in [5.74, 6) is -0.264. The zero-order valence-electron chi connectivity index (χ0n) is 9.15. The van der Waals surface area contributed by atoms with E-state index in [1.54, 1.807) is 14.0 Å². The van der Waals surface area contributed by atoms with Crippen LogP contribution in [-0.2, 0) is 4.79 Å². The third kappa shape index (κ3) is 1.57. The number of rotatable bonds is 3. The second-order valence-corrected chi connectivity index (χ2v) is 3.63. The SMILES string of the molecule is CNC(C(=O)O)c1c(C)oc2ccccc12. The molecule has 4 nitrogen and oxygen atoms in total. The molecule has 4 heteroatoms. The van der Waals surface area contributed by atoms with Crippen molar-refractivity contribution in [1.29, 1.82) is 0 Å². The first-order chi connectivity index (χ1) is 7.65. The number of hydrogen-bond acceptors (Lipinski definition) is 3. The Hall–Kier alpha value is -1.81. The molecule has 0 fully saturated rings. The van der Waals surface area contributed by atoms with Crippen LogP contribution in [0.4, 0.5) is 0 Å². The molecule has 0 aliphatic rings. The maximum Gasteiger partial charge on any atom is 0.325 e. The molecule has 1 unspecified atom stereocenters. The number of carboxylic acids is 1. The monoisotopic (exact) mass is 219 g/mol. The van der Waals surface area contributed by atoms with Gasteiger partial charge >= 0.3 is 5.97 Å². The molecule has 0 aliphatic heterocycles. The first kappa shape index (κ1) is 10.7. The molecule has 0 bridgehead atoms. The van der Waals surface area contributed by atoms with E-state index in [1.165, 1.54) is 0 Å². The highest BCUT2D eigenvalue weighted by Crippen LogP contribution is 2.30. The van der Waals surface area contributed by atoms with Gasteiger partial charge in [-0.05, 0) is 20.0 Å². The van der Waals surface area contributed by atoms with Crippen LogP contribution < -0.4 is 5.32 Å². The van der Waals surface area contributed by atoms with Crippen molar-refractivity contribution in [3.63, 3.8) is 0 Å². The van der Waals surface area contributed by atoms with Crippen molar-refractivity contribution in [3.8, 4) is 0 Å². The zero-order chi connectivity index (χ0) is 11.7. The summed E-state index contributed by atoms with van der Waals surface area (Å²) in [6, 6.07) is 6.71. The van der Waals surface area contributed by atoms with Crippen LogP contribution in [0, 0.1) is 6.92 Å². The van der Waals surface area contributed by atoms with E-state index in [4.69, 9.17) is 9.52 Å². The number of para-hydroxylation sites is 1. The topological polar surface area (TPSA) is 62.5 Å². The van der Waals surface area contributed by atoms with Crippen molar-refractivity contribution in [1.82, 2.24) is 5.32 Å². The van der Waals surface area contributed by atoms with Crippen molar-refractivity contribution >= 4 is 16.9 Å². The molecule has 2 N–H and O–H groups in total. The molecule has 0 saturated carbocycles. The van der Waals surface area contributed by atoms with Gasteiger partial charge in [-0.2, -0.15) is 0 Å². The van der Waals surface area contributed by atoms with E-state index in [0.717, 1.165) is 11.0 Å². The molecule has 1 heterocycles. The van der Waals surface area contributed by atoms with Crippen LogP contribution in [0.3, 0.4) is 0 Å². The van der Waals surface area contributed by atoms with Crippen molar-refractivity contribution < 1.29 is 14.3 Å². The second-order valence-electron chi connectivity index (χ2n) is 3.63. The average Bonchev–Trinajstić information content (AvgIpc) is 2.57. The van der Waals surface area contributed by atoms with Crippen LogP contribution in [0.5, 0.6) is 0 Å². The Bertz CT molecular complexity index is 530. The summed E-state index contributed by atoms with van der Waals surface area (Å²) in [7, 11) is 1.62. The number of likely N-dealkylation sites (N-methyl/N-ethyl adjacent to an activating group) is 1. The maximum atomic E-state index is 11.1. The average molecular weight is 219 g/mol. The van der Waals surface area contributed by atoms with Gasteiger partial charge in [0, 0.05) is 10.9 Å². The highest BCUT2D eigenvalue weighted by atomic mass is 16.4. The lowest BCUT2D eigenvalue weighted by atomic mass is 10.0. The third-order valence-electron chi connectivity index (χ3n) is 2.64. The van der Waals surface area contributed by atoms with Gasteiger partial charge in [0.1, 0.15) is 17.4 Å². The predicted octanol–water partition coefficient (Wildman–Crippen LogP) is 2.09. The van der Waals surface area contributed by atoms with Crippen LogP contribution in [0.25, 0.3) is 11.0 Å². The highest BCUT2D eigenvalue weighted by Gasteiger charge is 2.24. The molecular formula is C12H13NO3. The number of fused-ring (bicyclic) bond motifs is 1. The van der Waals surface area contributed by atoms with E-state index in [2.05, 4.69) is 5.32 Å². The Morgan fingerprint density at radius 2 is 2.12 bits per heavy atom. The third-order valence-corrected chi connectivity index (χ3v) is 2.64. The fourth-order valence-corrected chi connectivity index (χ4v) is 1.94. The number of carboxylic acid groups (broad SMARTS) is 1. The van der Waals surface area contributed by atoms with Crippen LogP contribution in [0.1, 0.15) is 17.4 Å². The molecule has 1 aromatic heterocycles. The van der Waals surface area contributed by atoms with E-state index in [0.29, 0.717) is 11.3 Å². The van der Waals surface area contributed by atoms with Gasteiger partial charge in [-0.1, -0.05) is 18.2 Å². The lowest BCUT2D eigenvalue weighted by Gasteiger charge is -2.10. The van der Waals surface area contributed by atoms with E-state index < -0.39 is 12.0 Å². The van der Waals surface area contributed by atoms with Crippen molar-refractivity contribution in [2.75, 3.05) is 7.05 Å². The molecule has 0 saturated heterocycles. The van der Waals surface area contributed by atoms with Gasteiger partial charge in [0.25, 0.3) is 0 Å². The molecule has 0 spiro atoms. The van der Waals surface area contributed by atoms with Crippen LogP contribution in [0.2, 0.25) is 0 Å². The quantitative estimate of drug-likeness (QED) is 0.829. The summed E-state index contributed by atoms with van der Waals surface area (Å²) in [5, 5.41) is 12.8. The van der Waals surface area contributed by atoms with Gasteiger partial charge in [0.05, 0.1) is 0 Å². The molecule has 16 heavy (non-hydrogen) atoms. The standard InChI is InChI=1S/C12H13NO3/c1-7-10(11(13-2)12(14)15)8-5-3-4-6-9(8)16-7/h3-6,11,13H,1-2H3,(H,14,15). The van der Waals surface area contributed by atoms with E-state index in [1.807, 2.05) is 24.3 Å². The molecule has 1 atom stereocenters. The van der Waals surface area contributed by atoms with Crippen molar-refractivity contribution in [2.24, 2.45) is 0 Å². The summed E-state index contributed by atoms with van der Waals surface area (Å²) in [4.78, 5) is 11.1. The molecule has 2 aromatic rings. The number of aliphatic carboxylic acids is 1. The van der Waals surface area contributed by atoms with E-state index >= 15 is 0 Å². The van der Waals surface area contributed by atoms with Gasteiger partial charge in [-0.3, -0.25) is 4.79 Å². The van der Waals surface area contributed by atoms with Gasteiger partial charge in [-0.15, -0.1) is 0 Å². The molecule has 0 radical (unpaired) electrons. The Morgan fingerprint density at radius 1 is 1.44 bits per heavy atom. The Morgan fingerprint density at radius 3 is 2.75 bits per heavy atom.